The van der Waals surface area contributed by atoms with Gasteiger partial charge in [-0.1, -0.05) is 0 Å². The molecule has 0 fully saturated rings. The van der Waals surface area contributed by atoms with Crippen molar-refractivity contribution in [3.63, 3.8) is 0 Å². The van der Waals surface area contributed by atoms with E-state index < -0.39 is 18.1 Å². The molecule has 0 aliphatic heterocycles. The van der Waals surface area contributed by atoms with Crippen LogP contribution in [0.15, 0.2) is 35.5 Å². The first-order valence-corrected chi connectivity index (χ1v) is 5.08. The minimum absolute atomic E-state index is 0. The Labute approximate surface area is 183 Å². The van der Waals surface area contributed by atoms with Crippen LogP contribution in [0.5, 0.6) is 0 Å². The minimum atomic E-state index is -1.62. The number of rotatable bonds is 3. The van der Waals surface area contributed by atoms with Crippen LogP contribution in [0.2, 0.25) is 0 Å². The monoisotopic (exact) mass is 633 g/mol. The van der Waals surface area contributed by atoms with Gasteiger partial charge < -0.3 is 15.3 Å². The fraction of sp³-hybridized carbons (Fsp3) is 0.250. The maximum atomic E-state index is 11.1. The molecule has 153 valence electrons. The molecule has 0 unspecified atom stereocenters. The third kappa shape index (κ3) is 68.0. The predicted molar refractivity (Wildman–Crippen MR) is 67.5 cm³/mol. The topological polar surface area (TPSA) is 112 Å². The van der Waals surface area contributed by atoms with Crippen molar-refractivity contribution in [2.24, 2.45) is 0 Å². The summed E-state index contributed by atoms with van der Waals surface area (Å²) in [6, 6.07) is -4.87. The van der Waals surface area contributed by atoms with Crippen LogP contribution in [0, 0.1) is 0 Å². The third-order valence-corrected chi connectivity index (χ3v) is 0.967. The molecule has 24 heavy (non-hydrogen) atoms. The third-order valence-electron chi connectivity index (χ3n) is 0.967. The molecule has 0 saturated heterocycles. The maximum Gasteiger partial charge on any atom is 0.328 e. The Morgan fingerprint density at radius 3 is 0.708 bits per heavy atom. The van der Waals surface area contributed by atoms with Crippen molar-refractivity contribution in [1.29, 1.82) is 0 Å². The number of allylic oxidation sites excluding steroid dienone is 6. The van der Waals surface area contributed by atoms with Crippen LogP contribution in [-0.2, 0) is 81.5 Å². The van der Waals surface area contributed by atoms with E-state index in [1.165, 1.54) is 20.8 Å². The van der Waals surface area contributed by atoms with Gasteiger partial charge in [0.25, 0.3) is 0 Å². The molecule has 0 aromatic rings. The van der Waals surface area contributed by atoms with Crippen LogP contribution in [-0.4, -0.2) is 33.4 Å². The van der Waals surface area contributed by atoms with Gasteiger partial charge in [0.1, 0.15) is 0 Å². The van der Waals surface area contributed by atoms with Crippen molar-refractivity contribution in [3.8, 4) is 0 Å². The fourth-order valence-corrected chi connectivity index (χ4v) is 0.493. The zero-order chi connectivity index (χ0) is 17.6. The molecular formula is C12H15Ag3F3O6. The van der Waals surface area contributed by atoms with Gasteiger partial charge in [0.2, 0.25) is 0 Å². The summed E-state index contributed by atoms with van der Waals surface area (Å²) in [4.78, 5) is 28.1. The molecular weight excluding hydrogens is 621 g/mol. The molecule has 0 heterocycles. The molecule has 0 saturated carbocycles. The summed E-state index contributed by atoms with van der Waals surface area (Å²) in [5, 5.41) is 24.4. The van der Waals surface area contributed by atoms with Crippen LogP contribution in [0.4, 0.5) is 13.2 Å². The molecule has 3 N–H and O–H groups in total. The molecule has 6 nitrogen and oxygen atoms in total. The molecule has 0 rings (SSSR count). The summed E-state index contributed by atoms with van der Waals surface area (Å²) in [5.41, 5.74) is 0. The fourth-order valence-electron chi connectivity index (χ4n) is 0.493. The molecule has 0 bridgehead atoms. The van der Waals surface area contributed by atoms with Gasteiger partial charge in [0.05, 0.1) is 35.5 Å². The van der Waals surface area contributed by atoms with Gasteiger partial charge in [-0.05, 0) is 20.8 Å². The van der Waals surface area contributed by atoms with Crippen molar-refractivity contribution < 1.29 is 110 Å². The average Bonchev–Trinajstić information content (AvgIpc) is 2.10. The summed E-state index contributed by atoms with van der Waals surface area (Å²) in [7, 11) is 0. The van der Waals surface area contributed by atoms with E-state index in [9.17, 15) is 27.6 Å². The Kier molecular flexibility index (Phi) is 40.4. The van der Waals surface area contributed by atoms with Gasteiger partial charge >= 0.3 is 18.1 Å². The van der Waals surface area contributed by atoms with Gasteiger partial charge in [0.15, 0.2) is 0 Å². The molecule has 0 spiro atoms. The summed E-state index contributed by atoms with van der Waals surface area (Å²) >= 11 is 0. The van der Waals surface area contributed by atoms with Crippen LogP contribution in [0.3, 0.4) is 0 Å². The Bertz CT molecular complexity index is 386. The van der Waals surface area contributed by atoms with E-state index in [4.69, 9.17) is 15.3 Å². The zero-order valence-corrected chi connectivity index (χ0v) is 16.8. The minimum Gasteiger partial charge on any atom is -0.512 e. The first-order chi connectivity index (χ1) is 9.38. The number of hydrogen-bond donors (Lipinski definition) is 3. The van der Waals surface area contributed by atoms with Gasteiger partial charge in [-0.2, -0.15) is 13.2 Å². The van der Waals surface area contributed by atoms with Crippen LogP contribution < -0.4 is 0 Å². The van der Waals surface area contributed by atoms with Crippen LogP contribution in [0.25, 0.3) is 0 Å². The van der Waals surface area contributed by atoms with E-state index in [0.717, 1.165) is 0 Å². The first kappa shape index (κ1) is 38.9. The van der Waals surface area contributed by atoms with Gasteiger partial charge in [-0.15, -0.1) is 0 Å². The van der Waals surface area contributed by atoms with E-state index >= 15 is 0 Å². The van der Waals surface area contributed by atoms with E-state index in [0.29, 0.717) is 18.2 Å². The number of carbonyl (C=O) groups excluding carboxylic acids is 3. The van der Waals surface area contributed by atoms with Crippen LogP contribution >= 0.6 is 0 Å². The Balaban J connectivity index is -0.0000000476. The largest absolute Gasteiger partial charge is 0.512 e. The van der Waals surface area contributed by atoms with Crippen molar-refractivity contribution in [1.82, 2.24) is 0 Å². The van der Waals surface area contributed by atoms with Crippen molar-refractivity contribution in [2.45, 2.75) is 20.8 Å². The van der Waals surface area contributed by atoms with Gasteiger partial charge in [-0.3, -0.25) is 14.4 Å². The summed E-state index contributed by atoms with van der Waals surface area (Å²) < 4.78 is 33.2. The average molecular weight is 636 g/mol. The van der Waals surface area contributed by atoms with E-state index in [1.807, 2.05) is 0 Å². The molecule has 0 aromatic heterocycles. The number of halogens is 3. The van der Waals surface area contributed by atoms with E-state index in [2.05, 4.69) is 0 Å². The standard InChI is InChI=1S/3C4H5FO2.3Ag/c3*1-3(6)2-4(5)7;;;/h3*2,6H,1H3;;;/b3*3-2-;;;. The second-order valence-electron chi connectivity index (χ2n) is 3.27. The van der Waals surface area contributed by atoms with Crippen molar-refractivity contribution in [2.75, 3.05) is 0 Å². The number of hydrogen-bond acceptors (Lipinski definition) is 6. The quantitative estimate of drug-likeness (QED) is 0.190. The molecule has 3 radical (unpaired) electrons. The molecule has 12 heteroatoms. The maximum absolute atomic E-state index is 11.1. The van der Waals surface area contributed by atoms with Gasteiger partial charge in [0, 0.05) is 67.1 Å². The van der Waals surface area contributed by atoms with E-state index in [-0.39, 0.29) is 84.4 Å². The predicted octanol–water partition coefficient (Wildman–Crippen LogP) is 2.83. The SMILES string of the molecule is C/C(O)=C/C(=O)F.C/C(O)=C/C(=O)F.C/C(O)=C/C(=O)F.[Ag].[Ag].[Ag]. The molecule has 0 atom stereocenters. The molecule has 0 aliphatic rings. The Hall–Kier alpha value is -0.359. The zero-order valence-electron chi connectivity index (χ0n) is 12.3. The van der Waals surface area contributed by atoms with Crippen molar-refractivity contribution >= 4 is 18.1 Å². The number of aliphatic hydroxyl groups is 3. The first-order valence-electron chi connectivity index (χ1n) is 5.08. The molecule has 0 aliphatic carbocycles. The normalized spacial score (nSPS) is 10.0. The smallest absolute Gasteiger partial charge is 0.328 e. The van der Waals surface area contributed by atoms with Crippen molar-refractivity contribution in [3.05, 3.63) is 35.5 Å². The van der Waals surface area contributed by atoms with E-state index in [1.54, 1.807) is 0 Å². The Morgan fingerprint density at radius 1 is 0.583 bits per heavy atom. The summed E-state index contributed by atoms with van der Waals surface area (Å²) in [6.07, 6.45) is 1.50. The van der Waals surface area contributed by atoms with Gasteiger partial charge in [-0.25, -0.2) is 0 Å². The molecule has 0 amide bonds. The van der Waals surface area contributed by atoms with Crippen LogP contribution in [0.1, 0.15) is 20.8 Å². The summed E-state index contributed by atoms with van der Waals surface area (Å²) in [5.74, 6) is -0.937. The number of aliphatic hydroxyl groups excluding tert-OH is 3. The Morgan fingerprint density at radius 2 is 0.708 bits per heavy atom. The molecule has 0 aromatic carbocycles. The second-order valence-corrected chi connectivity index (χ2v) is 3.27. The number of carbonyl (C=O) groups is 3. The summed E-state index contributed by atoms with van der Waals surface area (Å²) in [6.45, 7) is 3.66. The second kappa shape index (κ2) is 24.9.